The molecule has 23 nitrogen and oxygen atoms in total. The number of rotatable bonds is 15. The van der Waals surface area contributed by atoms with E-state index in [4.69, 9.17) is 42.6 Å². The van der Waals surface area contributed by atoms with E-state index in [0.717, 1.165) is 32.1 Å². The van der Waals surface area contributed by atoms with Gasteiger partial charge in [0.15, 0.2) is 30.9 Å². The van der Waals surface area contributed by atoms with Crippen LogP contribution in [-0.4, -0.2) is 239 Å². The molecule has 74 heavy (non-hydrogen) atoms. The van der Waals surface area contributed by atoms with Crippen molar-refractivity contribution < 1.29 is 114 Å². The molecular formula is C51H84O23. The first-order valence-corrected chi connectivity index (χ1v) is 26.9. The van der Waals surface area contributed by atoms with Crippen LogP contribution in [-0.2, 0) is 42.6 Å². The highest BCUT2D eigenvalue weighted by atomic mass is 16.8. The summed E-state index contributed by atoms with van der Waals surface area (Å²) < 4.78 is 54.4. The van der Waals surface area contributed by atoms with E-state index < -0.39 is 155 Å². The maximum absolute atomic E-state index is 12.1. The summed E-state index contributed by atoms with van der Waals surface area (Å²) in [5.74, 6) is -0.310. The summed E-state index contributed by atoms with van der Waals surface area (Å²) in [6.07, 6.45) is -22.1. The Kier molecular flexibility index (Phi) is 17.4. The molecule has 0 radical (unpaired) electrons. The Morgan fingerprint density at radius 2 is 1.22 bits per heavy atom. The van der Waals surface area contributed by atoms with Crippen molar-refractivity contribution in [3.05, 3.63) is 11.6 Å². The van der Waals surface area contributed by atoms with Crippen LogP contribution >= 0.6 is 0 Å². The van der Waals surface area contributed by atoms with E-state index in [9.17, 15) is 71.5 Å². The van der Waals surface area contributed by atoms with Crippen LogP contribution in [0.4, 0.5) is 0 Å². The second kappa shape index (κ2) is 22.4. The third-order valence-corrected chi connectivity index (χ3v) is 19.5. The summed E-state index contributed by atoms with van der Waals surface area (Å²) in [4.78, 5) is 0. The van der Waals surface area contributed by atoms with Gasteiger partial charge in [0.05, 0.1) is 44.7 Å². The molecule has 9 aliphatic rings. The van der Waals surface area contributed by atoms with Crippen LogP contribution in [0.2, 0.25) is 0 Å². The van der Waals surface area contributed by atoms with Gasteiger partial charge in [-0.2, -0.15) is 0 Å². The fourth-order valence-electron chi connectivity index (χ4n) is 15.0. The van der Waals surface area contributed by atoms with E-state index in [1.54, 1.807) is 0 Å². The lowest BCUT2D eigenvalue weighted by atomic mass is 9.47. The predicted octanol–water partition coefficient (Wildman–Crippen LogP) is -3.01. The maximum atomic E-state index is 12.1. The summed E-state index contributed by atoms with van der Waals surface area (Å²) in [6.45, 7) is 8.35. The minimum absolute atomic E-state index is 0.0705. The lowest BCUT2D eigenvalue weighted by Gasteiger charge is -2.58. The van der Waals surface area contributed by atoms with Gasteiger partial charge in [-0.15, -0.1) is 0 Å². The second-order valence-electron chi connectivity index (χ2n) is 23.8. The van der Waals surface area contributed by atoms with Gasteiger partial charge < -0.3 is 114 Å². The highest BCUT2D eigenvalue weighted by Crippen LogP contribution is 2.70. The van der Waals surface area contributed by atoms with Crippen molar-refractivity contribution in [2.24, 2.45) is 46.3 Å². The number of ether oxygens (including phenoxy) is 9. The van der Waals surface area contributed by atoms with Gasteiger partial charge in [0, 0.05) is 12.3 Å². The van der Waals surface area contributed by atoms with Crippen molar-refractivity contribution in [3.8, 4) is 0 Å². The molecule has 5 aliphatic heterocycles. The topological polar surface area (TPSA) is 366 Å². The summed E-state index contributed by atoms with van der Waals surface area (Å²) in [5.41, 5.74) is 1.02. The van der Waals surface area contributed by atoms with Crippen molar-refractivity contribution in [1.82, 2.24) is 0 Å². The first-order valence-electron chi connectivity index (χ1n) is 26.9. The zero-order valence-corrected chi connectivity index (χ0v) is 42.9. The fourth-order valence-corrected chi connectivity index (χ4v) is 15.0. The molecule has 23 heteroatoms. The Balaban J connectivity index is 0.849. The van der Waals surface area contributed by atoms with E-state index >= 15 is 0 Å². The highest BCUT2D eigenvalue weighted by Gasteiger charge is 2.68. The van der Waals surface area contributed by atoms with Crippen molar-refractivity contribution in [2.75, 3.05) is 26.4 Å². The number of aliphatic hydroxyl groups excluding tert-OH is 13. The number of hydrogen-bond acceptors (Lipinski definition) is 23. The van der Waals surface area contributed by atoms with Crippen LogP contribution in [0.15, 0.2) is 11.6 Å². The molecule has 14 N–H and O–H groups in total. The molecule has 4 aliphatic carbocycles. The number of hydrogen-bond donors (Lipinski definition) is 14. The molecule has 5 saturated heterocycles. The van der Waals surface area contributed by atoms with Crippen LogP contribution < -0.4 is 0 Å². The van der Waals surface area contributed by atoms with E-state index in [1.807, 2.05) is 6.92 Å². The molecular weight excluding hydrogens is 981 g/mol. The maximum Gasteiger partial charge on any atom is 0.187 e. The quantitative estimate of drug-likeness (QED) is 0.0727. The minimum Gasteiger partial charge on any atom is -0.394 e. The number of fused-ring (bicyclic) bond motifs is 7. The molecule has 0 spiro atoms. The molecule has 5 heterocycles. The molecule has 0 amide bonds. The van der Waals surface area contributed by atoms with Crippen LogP contribution in [0.3, 0.4) is 0 Å². The van der Waals surface area contributed by atoms with Crippen molar-refractivity contribution in [2.45, 2.75) is 233 Å². The van der Waals surface area contributed by atoms with E-state index in [1.165, 1.54) is 12.5 Å². The van der Waals surface area contributed by atoms with Gasteiger partial charge in [0.2, 0.25) is 0 Å². The standard InChI is InChI=1S/C51H84O23/c1-20(19-66-45-39(61)37(59)34(56)29(16-52)69-45)8-13-51(65)21(2)32-28(74-51)15-27-25-7-6-23-14-24(9-11-49(23,4)26(25)10-12-50(27,32)5)68-48-44(73-46-40(62)36(58)33(55)22(3)67-46)42(64)43(31(18-54)71-48)72-47-41(63)38(60)35(57)30(17-53)70-47/h6,20-22,24-48,52-65H,7-19H2,1-5H3/t20-,21+,22+,24+,25-,26+,27+,28+,29-,30-,31-,32-,33+,34-,35-,36-,37+,38+,39-,40-,41-,42+,43-,44-,45-,46+,47+,48-,49+,50+,51-/m1/s1. The van der Waals surface area contributed by atoms with Crippen LogP contribution in [0.25, 0.3) is 0 Å². The third-order valence-electron chi connectivity index (χ3n) is 19.5. The number of aliphatic hydroxyl groups is 14. The lowest BCUT2D eigenvalue weighted by Crippen LogP contribution is -2.67. The lowest BCUT2D eigenvalue weighted by molar-refractivity contribution is -0.389. The highest BCUT2D eigenvalue weighted by molar-refractivity contribution is 5.26. The fraction of sp³-hybridized carbons (Fsp3) is 0.961. The SMILES string of the molecule is C[C@H](CC[C@@]1(O)O[C@H]2C[C@H]3[C@@H]4CC=C5C[C@@H](O[C@@H]6O[C@H](CO)[C@@H](O[C@@H]7O[C@H](CO)[C@@H](O)[C@H](O)[C@H]7O)[C@H](O)[C@H]6O[C@@H]6O[C@@H](C)[C@H](O)[C@@H](O)[C@H]6O)CC[C@]5(C)[C@H]4CC[C@]3(C)[C@@H]2[C@@H]1C)CO[C@@H]1O[C@H](CO)[C@@H](O)[C@H](O)[C@H]1O. The van der Waals surface area contributed by atoms with E-state index in [-0.39, 0.29) is 41.3 Å². The van der Waals surface area contributed by atoms with Gasteiger partial charge in [-0.3, -0.25) is 0 Å². The zero-order chi connectivity index (χ0) is 53.5. The third kappa shape index (κ3) is 10.2. The Hall–Kier alpha value is -1.18. The summed E-state index contributed by atoms with van der Waals surface area (Å²) in [5, 5.41) is 148. The minimum atomic E-state index is -1.85. The van der Waals surface area contributed by atoms with Gasteiger partial charge in [0.1, 0.15) is 91.6 Å². The predicted molar refractivity (Wildman–Crippen MR) is 250 cm³/mol. The Labute approximate surface area is 430 Å². The van der Waals surface area contributed by atoms with Gasteiger partial charge >= 0.3 is 0 Å². The zero-order valence-electron chi connectivity index (χ0n) is 42.9. The van der Waals surface area contributed by atoms with Crippen LogP contribution in [0.1, 0.15) is 92.4 Å². The summed E-state index contributed by atoms with van der Waals surface area (Å²) in [6, 6.07) is 0. The molecule has 9 rings (SSSR count). The van der Waals surface area contributed by atoms with E-state index in [2.05, 4.69) is 26.8 Å². The van der Waals surface area contributed by atoms with Gasteiger partial charge in [-0.05, 0) is 98.7 Å². The molecule has 8 fully saturated rings. The molecule has 0 bridgehead atoms. The first kappa shape index (κ1) is 57.5. The van der Waals surface area contributed by atoms with Crippen molar-refractivity contribution in [3.63, 3.8) is 0 Å². The second-order valence-corrected chi connectivity index (χ2v) is 23.8. The van der Waals surface area contributed by atoms with Crippen LogP contribution in [0.5, 0.6) is 0 Å². The Morgan fingerprint density at radius 1 is 0.635 bits per heavy atom. The van der Waals surface area contributed by atoms with Gasteiger partial charge in [0.25, 0.3) is 0 Å². The summed E-state index contributed by atoms with van der Waals surface area (Å²) in [7, 11) is 0. The average molecular weight is 1070 g/mol. The van der Waals surface area contributed by atoms with Crippen molar-refractivity contribution >= 4 is 0 Å². The van der Waals surface area contributed by atoms with E-state index in [0.29, 0.717) is 43.4 Å². The molecule has 0 unspecified atom stereocenters. The van der Waals surface area contributed by atoms with Gasteiger partial charge in [-0.1, -0.05) is 39.3 Å². The molecule has 31 atom stereocenters. The largest absolute Gasteiger partial charge is 0.394 e. The molecule has 0 aromatic rings. The molecule has 3 saturated carbocycles. The molecule has 426 valence electrons. The molecule has 0 aromatic heterocycles. The number of allylic oxidation sites excluding steroid dienone is 1. The molecule has 0 aromatic carbocycles. The van der Waals surface area contributed by atoms with Gasteiger partial charge in [-0.25, -0.2) is 0 Å². The smallest absolute Gasteiger partial charge is 0.187 e. The normalized spacial score (nSPS) is 54.9. The van der Waals surface area contributed by atoms with Crippen molar-refractivity contribution in [1.29, 1.82) is 0 Å². The Bertz CT molecular complexity index is 1920. The average Bonchev–Trinajstić information content (AvgIpc) is 3.82. The van der Waals surface area contributed by atoms with Crippen LogP contribution in [0, 0.1) is 46.3 Å². The first-order chi connectivity index (χ1) is 35.0. The Morgan fingerprint density at radius 3 is 1.86 bits per heavy atom. The monoisotopic (exact) mass is 1060 g/mol. The summed E-state index contributed by atoms with van der Waals surface area (Å²) >= 11 is 0.